The fourth-order valence-corrected chi connectivity index (χ4v) is 4.63. The van der Waals surface area contributed by atoms with Crippen LogP contribution >= 0.6 is 11.6 Å². The van der Waals surface area contributed by atoms with Crippen LogP contribution in [0.4, 0.5) is 10.1 Å². The molecule has 5 nitrogen and oxygen atoms in total. The van der Waals surface area contributed by atoms with Crippen molar-refractivity contribution >= 4 is 29.0 Å². The zero-order chi connectivity index (χ0) is 21.4. The van der Waals surface area contributed by atoms with Crippen molar-refractivity contribution in [3.63, 3.8) is 0 Å². The number of benzene rings is 2. The molecule has 0 saturated carbocycles. The van der Waals surface area contributed by atoms with Crippen LogP contribution < -0.4 is 14.4 Å². The van der Waals surface area contributed by atoms with E-state index in [-0.39, 0.29) is 28.7 Å². The third-order valence-electron chi connectivity index (χ3n) is 5.65. The van der Waals surface area contributed by atoms with Gasteiger partial charge in [-0.3, -0.25) is 14.5 Å². The van der Waals surface area contributed by atoms with E-state index in [1.54, 1.807) is 24.3 Å². The molecule has 1 atom stereocenters. The monoisotopic (exact) mass is 429 g/mol. The van der Waals surface area contributed by atoms with Gasteiger partial charge in [-0.2, -0.15) is 0 Å². The zero-order valence-electron chi connectivity index (χ0n) is 16.7. The Hall–Kier alpha value is -2.86. The lowest BCUT2D eigenvalue weighted by Crippen LogP contribution is -2.41. The lowest BCUT2D eigenvalue weighted by Gasteiger charge is -2.39. The van der Waals surface area contributed by atoms with Gasteiger partial charge in [-0.15, -0.1) is 0 Å². The summed E-state index contributed by atoms with van der Waals surface area (Å²) in [6.07, 6.45) is 1.44. The van der Waals surface area contributed by atoms with Gasteiger partial charge in [0.15, 0.2) is 5.78 Å². The van der Waals surface area contributed by atoms with E-state index in [1.807, 2.05) is 0 Å². The molecule has 0 radical (unpaired) electrons. The molecule has 2 aromatic carbocycles. The molecule has 7 heteroatoms. The largest absolute Gasteiger partial charge is 0.497 e. The molecule has 1 aliphatic heterocycles. The van der Waals surface area contributed by atoms with Gasteiger partial charge in [-0.1, -0.05) is 17.7 Å². The second-order valence-electron chi connectivity index (χ2n) is 7.30. The Labute approximate surface area is 179 Å². The summed E-state index contributed by atoms with van der Waals surface area (Å²) in [4.78, 5) is 27.9. The smallest absolute Gasteiger partial charge is 0.232 e. The molecule has 1 amide bonds. The molecule has 0 bridgehead atoms. The second kappa shape index (κ2) is 8.11. The third kappa shape index (κ3) is 3.35. The summed E-state index contributed by atoms with van der Waals surface area (Å²) in [5.74, 6) is -0.516. The lowest BCUT2D eigenvalue weighted by molar-refractivity contribution is -0.120. The van der Waals surface area contributed by atoms with Crippen LogP contribution in [-0.4, -0.2) is 25.9 Å². The molecule has 1 aliphatic carbocycles. The number of amides is 1. The molecule has 0 aromatic heterocycles. The van der Waals surface area contributed by atoms with Gasteiger partial charge in [-0.25, -0.2) is 4.39 Å². The number of rotatable bonds is 4. The summed E-state index contributed by atoms with van der Waals surface area (Å²) in [5.41, 5.74) is 1.74. The van der Waals surface area contributed by atoms with Crippen LogP contribution in [0.5, 0.6) is 11.5 Å². The molecule has 4 rings (SSSR count). The van der Waals surface area contributed by atoms with Gasteiger partial charge in [0.05, 0.1) is 19.9 Å². The summed E-state index contributed by atoms with van der Waals surface area (Å²) in [7, 11) is 3.05. The Balaban J connectivity index is 1.93. The molecule has 1 heterocycles. The summed E-state index contributed by atoms with van der Waals surface area (Å²) in [5, 5.41) is 0.213. The van der Waals surface area contributed by atoms with Crippen molar-refractivity contribution in [2.45, 2.75) is 31.6 Å². The van der Waals surface area contributed by atoms with Gasteiger partial charge in [0.1, 0.15) is 17.3 Å². The lowest BCUT2D eigenvalue weighted by atomic mass is 9.77. The minimum Gasteiger partial charge on any atom is -0.497 e. The quantitative estimate of drug-likeness (QED) is 0.684. The Kier molecular flexibility index (Phi) is 5.52. The second-order valence-corrected chi connectivity index (χ2v) is 7.70. The van der Waals surface area contributed by atoms with Crippen molar-refractivity contribution < 1.29 is 23.5 Å². The maximum atomic E-state index is 14.7. The number of carbonyl (C=O) groups is 2. The average Bonchev–Trinajstić information content (AvgIpc) is 2.73. The highest BCUT2D eigenvalue weighted by molar-refractivity contribution is 6.31. The number of ether oxygens (including phenoxy) is 2. The molecule has 0 N–H and O–H groups in total. The van der Waals surface area contributed by atoms with E-state index < -0.39 is 11.7 Å². The Morgan fingerprint density at radius 2 is 1.90 bits per heavy atom. The number of carbonyl (C=O) groups excluding carboxylic acids is 2. The van der Waals surface area contributed by atoms with Gasteiger partial charge in [0.25, 0.3) is 0 Å². The fourth-order valence-electron chi connectivity index (χ4n) is 4.33. The van der Waals surface area contributed by atoms with Crippen LogP contribution in [0.1, 0.15) is 37.2 Å². The number of nitrogens with zero attached hydrogens (tertiary/aromatic N) is 1. The number of anilines is 1. The first kappa shape index (κ1) is 20.4. The number of allylic oxidation sites excluding steroid dienone is 2. The summed E-state index contributed by atoms with van der Waals surface area (Å²) < 4.78 is 25.5. The summed E-state index contributed by atoms with van der Waals surface area (Å²) in [6.45, 7) is 0. The van der Waals surface area contributed by atoms with Gasteiger partial charge in [0, 0.05) is 46.7 Å². The SMILES string of the molecule is COc1ccc(OC)c(N2C(=O)CC(c3c(F)cccc3Cl)C3=C2CCCC3=O)c1. The molecular weight excluding hydrogens is 409 g/mol. The molecule has 156 valence electrons. The molecule has 1 unspecified atom stereocenters. The summed E-state index contributed by atoms with van der Waals surface area (Å²) >= 11 is 6.29. The van der Waals surface area contributed by atoms with E-state index in [0.29, 0.717) is 47.7 Å². The Morgan fingerprint density at radius 3 is 2.60 bits per heavy atom. The number of Topliss-reactive ketones (excluding diaryl/α,β-unsaturated/α-hetero) is 1. The molecule has 2 aromatic rings. The van der Waals surface area contributed by atoms with Crippen LogP contribution in [-0.2, 0) is 9.59 Å². The first-order valence-electron chi connectivity index (χ1n) is 9.71. The maximum Gasteiger partial charge on any atom is 0.232 e. The number of ketones is 1. The fraction of sp³-hybridized carbons (Fsp3) is 0.304. The van der Waals surface area contributed by atoms with Crippen molar-refractivity contribution in [1.82, 2.24) is 0 Å². The number of hydrogen-bond acceptors (Lipinski definition) is 4. The molecule has 0 saturated heterocycles. The van der Waals surface area contributed by atoms with E-state index in [2.05, 4.69) is 0 Å². The highest BCUT2D eigenvalue weighted by atomic mass is 35.5. The Bertz CT molecular complexity index is 1040. The van der Waals surface area contributed by atoms with Crippen molar-refractivity contribution in [1.29, 1.82) is 0 Å². The van der Waals surface area contributed by atoms with Crippen LogP contribution in [0, 0.1) is 5.82 Å². The van der Waals surface area contributed by atoms with E-state index in [4.69, 9.17) is 21.1 Å². The van der Waals surface area contributed by atoms with Crippen LogP contribution in [0.3, 0.4) is 0 Å². The van der Waals surface area contributed by atoms with Crippen molar-refractivity contribution in [2.24, 2.45) is 0 Å². The maximum absolute atomic E-state index is 14.7. The first-order chi connectivity index (χ1) is 14.5. The van der Waals surface area contributed by atoms with Crippen LogP contribution in [0.2, 0.25) is 5.02 Å². The van der Waals surface area contributed by atoms with E-state index in [0.717, 1.165) is 0 Å². The predicted octanol–water partition coefficient (Wildman–Crippen LogP) is 5.02. The van der Waals surface area contributed by atoms with Gasteiger partial charge >= 0.3 is 0 Å². The predicted molar refractivity (Wildman–Crippen MR) is 112 cm³/mol. The molecule has 0 spiro atoms. The van der Waals surface area contributed by atoms with Gasteiger partial charge in [-0.05, 0) is 37.1 Å². The molecular formula is C23H21ClFNO4. The van der Waals surface area contributed by atoms with Crippen LogP contribution in [0.25, 0.3) is 0 Å². The minimum atomic E-state index is -0.707. The van der Waals surface area contributed by atoms with E-state index in [1.165, 1.54) is 31.3 Å². The van der Waals surface area contributed by atoms with E-state index in [9.17, 15) is 14.0 Å². The van der Waals surface area contributed by atoms with Crippen LogP contribution in [0.15, 0.2) is 47.7 Å². The van der Waals surface area contributed by atoms with Gasteiger partial charge < -0.3 is 9.47 Å². The zero-order valence-corrected chi connectivity index (χ0v) is 17.5. The topological polar surface area (TPSA) is 55.8 Å². The Morgan fingerprint density at radius 1 is 1.10 bits per heavy atom. The van der Waals surface area contributed by atoms with Crippen molar-refractivity contribution in [3.05, 3.63) is 64.1 Å². The first-order valence-corrected chi connectivity index (χ1v) is 10.1. The average molecular weight is 430 g/mol. The van der Waals surface area contributed by atoms with Crippen molar-refractivity contribution in [3.8, 4) is 11.5 Å². The minimum absolute atomic E-state index is 0.0639. The van der Waals surface area contributed by atoms with Crippen molar-refractivity contribution in [2.75, 3.05) is 19.1 Å². The molecule has 0 fully saturated rings. The van der Waals surface area contributed by atoms with Gasteiger partial charge in [0.2, 0.25) is 5.91 Å². The number of halogens is 2. The third-order valence-corrected chi connectivity index (χ3v) is 5.98. The summed E-state index contributed by atoms with van der Waals surface area (Å²) in [6, 6.07) is 9.55. The standard InChI is InChI=1S/C23H21ClFNO4/c1-29-13-9-10-20(30-2)18(11-13)26-17-7-4-8-19(27)23(17)14(12-21(26)28)22-15(24)5-3-6-16(22)25/h3,5-6,9-11,14H,4,7-8,12H2,1-2H3. The number of hydrogen-bond donors (Lipinski definition) is 0. The van der Waals surface area contributed by atoms with E-state index >= 15 is 0 Å². The number of methoxy groups -OCH3 is 2. The molecule has 30 heavy (non-hydrogen) atoms. The molecule has 2 aliphatic rings. The highest BCUT2D eigenvalue weighted by Crippen LogP contribution is 2.47. The normalized spacial score (nSPS) is 19.1. The highest BCUT2D eigenvalue weighted by Gasteiger charge is 2.42.